The molecule has 0 saturated carbocycles. The van der Waals surface area contributed by atoms with Crippen molar-refractivity contribution in [1.82, 2.24) is 0 Å². The Hall–Kier alpha value is -2.33. The van der Waals surface area contributed by atoms with Crippen molar-refractivity contribution in [1.29, 1.82) is 0 Å². The van der Waals surface area contributed by atoms with Crippen LogP contribution >= 0.6 is 7.82 Å². The van der Waals surface area contributed by atoms with Gasteiger partial charge in [0.25, 0.3) is 0 Å². The van der Waals surface area contributed by atoms with Gasteiger partial charge in [-0.05, 0) is 70.6 Å². The van der Waals surface area contributed by atoms with Gasteiger partial charge < -0.3 is 25.2 Å². The molecular weight excluding hydrogens is 729 g/mol. The average molecular weight is 810 g/mol. The summed E-state index contributed by atoms with van der Waals surface area (Å²) in [5, 5.41) is 10.1. The Morgan fingerprint density at radius 3 is 1.84 bits per heavy atom. The van der Waals surface area contributed by atoms with Crippen molar-refractivity contribution >= 4 is 19.8 Å². The van der Waals surface area contributed by atoms with Crippen molar-refractivity contribution in [2.75, 3.05) is 26.4 Å². The molecule has 0 bridgehead atoms. The predicted octanol–water partition coefficient (Wildman–Crippen LogP) is 11.5. The molecule has 0 aliphatic carbocycles. The highest BCUT2D eigenvalue weighted by atomic mass is 31.2. The summed E-state index contributed by atoms with van der Waals surface area (Å²) in [4.78, 5) is 34.9. The maximum Gasteiger partial charge on any atom is 0.472 e. The van der Waals surface area contributed by atoms with Gasteiger partial charge in [0.05, 0.1) is 19.3 Å². The van der Waals surface area contributed by atoms with Crippen LogP contribution in [0.5, 0.6) is 0 Å². The van der Waals surface area contributed by atoms with Crippen LogP contribution in [0.2, 0.25) is 0 Å². The number of aliphatic hydroxyl groups excluding tert-OH is 1. The number of unbranched alkanes of at least 4 members (excludes halogenated alkanes) is 17. The molecule has 11 heteroatoms. The van der Waals surface area contributed by atoms with Crippen molar-refractivity contribution in [3.05, 3.63) is 60.8 Å². The highest BCUT2D eigenvalue weighted by Gasteiger charge is 2.25. The van der Waals surface area contributed by atoms with E-state index in [4.69, 9.17) is 24.3 Å². The van der Waals surface area contributed by atoms with Gasteiger partial charge in [0.15, 0.2) is 6.10 Å². The average Bonchev–Trinajstić information content (AvgIpc) is 3.18. The summed E-state index contributed by atoms with van der Waals surface area (Å²) in [5.41, 5.74) is 5.34. The zero-order valence-electron chi connectivity index (χ0n) is 35.2. The van der Waals surface area contributed by atoms with Gasteiger partial charge in [0.1, 0.15) is 6.61 Å². The summed E-state index contributed by atoms with van der Waals surface area (Å²) in [6.07, 6.45) is 44.2. The monoisotopic (exact) mass is 810 g/mol. The largest absolute Gasteiger partial charge is 0.472 e. The van der Waals surface area contributed by atoms with Crippen LogP contribution in [0.25, 0.3) is 0 Å². The Morgan fingerprint density at radius 1 is 0.625 bits per heavy atom. The molecule has 10 nitrogen and oxygen atoms in total. The first kappa shape index (κ1) is 53.7. The molecule has 0 fully saturated rings. The second kappa shape index (κ2) is 40.9. The molecule has 1 unspecified atom stereocenters. The second-order valence-corrected chi connectivity index (χ2v) is 15.9. The fraction of sp³-hybridized carbons (Fsp3) is 0.733. The molecule has 0 rings (SSSR count). The van der Waals surface area contributed by atoms with Crippen LogP contribution in [-0.2, 0) is 32.7 Å². The molecule has 4 N–H and O–H groups in total. The number of esters is 2. The van der Waals surface area contributed by atoms with E-state index in [1.165, 1.54) is 83.5 Å². The molecule has 0 heterocycles. The van der Waals surface area contributed by atoms with Crippen LogP contribution in [0, 0.1) is 0 Å². The lowest BCUT2D eigenvalue weighted by atomic mass is 10.1. The molecule has 0 aromatic carbocycles. The minimum absolute atomic E-state index is 0.0315. The topological polar surface area (TPSA) is 155 Å². The van der Waals surface area contributed by atoms with E-state index in [1.807, 2.05) is 36.5 Å². The molecule has 0 saturated heterocycles. The van der Waals surface area contributed by atoms with Gasteiger partial charge in [0, 0.05) is 19.4 Å². The Labute approximate surface area is 341 Å². The fourth-order valence-electron chi connectivity index (χ4n) is 5.64. The van der Waals surface area contributed by atoms with Gasteiger partial charge in [-0.2, -0.15) is 0 Å². The van der Waals surface area contributed by atoms with Gasteiger partial charge >= 0.3 is 19.8 Å². The van der Waals surface area contributed by atoms with Crippen molar-refractivity contribution < 1.29 is 42.7 Å². The number of aliphatic hydroxyl groups is 1. The first-order chi connectivity index (χ1) is 27.2. The Morgan fingerprint density at radius 2 is 1.16 bits per heavy atom. The summed E-state index contributed by atoms with van der Waals surface area (Å²) in [7, 11) is -4.41. The summed E-state index contributed by atoms with van der Waals surface area (Å²) in [6.45, 7) is 3.53. The van der Waals surface area contributed by atoms with Crippen LogP contribution in [0.3, 0.4) is 0 Å². The first-order valence-corrected chi connectivity index (χ1v) is 23.4. The first-order valence-electron chi connectivity index (χ1n) is 21.9. The zero-order valence-corrected chi connectivity index (χ0v) is 36.1. The van der Waals surface area contributed by atoms with Crippen LogP contribution < -0.4 is 5.73 Å². The summed E-state index contributed by atoms with van der Waals surface area (Å²) in [6, 6.07) is 0. The van der Waals surface area contributed by atoms with Gasteiger partial charge in [-0.25, -0.2) is 4.57 Å². The number of hydrogen-bond acceptors (Lipinski definition) is 9. The van der Waals surface area contributed by atoms with Gasteiger partial charge in [-0.3, -0.25) is 18.6 Å². The SMILES string of the molecule is CCCCC/C=C\C=C/[C@H](O)C/C=C\C/C=C/CCCC(=O)O[C@H](COC(=O)CCCCCCCCC/C=C\CCCCCCCC)COP(=O)(O)OCCN. The number of ether oxygens (including phenoxy) is 2. The third-order valence-electron chi connectivity index (χ3n) is 8.96. The third kappa shape index (κ3) is 39.9. The molecule has 0 radical (unpaired) electrons. The minimum Gasteiger partial charge on any atom is -0.462 e. The smallest absolute Gasteiger partial charge is 0.462 e. The number of allylic oxidation sites excluding steroid dienone is 8. The van der Waals surface area contributed by atoms with E-state index >= 15 is 0 Å². The van der Waals surface area contributed by atoms with Crippen molar-refractivity contribution in [3.8, 4) is 0 Å². The van der Waals surface area contributed by atoms with Crippen molar-refractivity contribution in [2.24, 2.45) is 5.73 Å². The number of nitrogens with two attached hydrogens (primary N) is 1. The standard InChI is InChI=1S/C45H80NO9P/c1-3-5-7-9-11-12-13-14-15-16-17-18-19-20-24-28-32-36-44(48)52-40-43(41-54-56(50,51)53-39-38-46)55-45(49)37-33-29-25-21-23-27-31-35-42(47)34-30-26-22-10-8-6-4-2/h14-15,21-22,25-27,30-31,34,42-43,47H,3-13,16-20,23-24,28-29,32-33,35-41,46H2,1-2H3,(H,50,51)/b15-14-,25-21+,26-22-,31-27-,34-30-/t42-,43+/m0/s1. The van der Waals surface area contributed by atoms with Gasteiger partial charge in [0.2, 0.25) is 0 Å². The molecule has 3 atom stereocenters. The van der Waals surface area contributed by atoms with E-state index < -0.39 is 38.6 Å². The summed E-state index contributed by atoms with van der Waals surface area (Å²) in [5.74, 6) is -0.943. The number of rotatable bonds is 40. The van der Waals surface area contributed by atoms with Crippen molar-refractivity contribution in [3.63, 3.8) is 0 Å². The maximum atomic E-state index is 12.6. The lowest BCUT2D eigenvalue weighted by molar-refractivity contribution is -0.161. The van der Waals surface area contributed by atoms with Crippen LogP contribution in [0.1, 0.15) is 174 Å². The van der Waals surface area contributed by atoms with Crippen LogP contribution in [-0.4, -0.2) is 60.5 Å². The molecule has 0 spiro atoms. The third-order valence-corrected chi connectivity index (χ3v) is 9.94. The lowest BCUT2D eigenvalue weighted by Gasteiger charge is -2.19. The second-order valence-electron chi connectivity index (χ2n) is 14.4. The molecule has 0 aromatic heterocycles. The highest BCUT2D eigenvalue weighted by molar-refractivity contribution is 7.47. The normalized spacial score (nSPS) is 14.4. The number of hydrogen-bond donors (Lipinski definition) is 3. The summed E-state index contributed by atoms with van der Waals surface area (Å²) < 4.78 is 32.7. The fourth-order valence-corrected chi connectivity index (χ4v) is 6.41. The maximum absolute atomic E-state index is 12.6. The van der Waals surface area contributed by atoms with Crippen LogP contribution in [0.15, 0.2) is 60.8 Å². The number of carbonyl (C=O) groups is 2. The van der Waals surface area contributed by atoms with E-state index in [1.54, 1.807) is 6.08 Å². The van der Waals surface area contributed by atoms with Gasteiger partial charge in [-0.15, -0.1) is 0 Å². The Bertz CT molecular complexity index is 1120. The summed E-state index contributed by atoms with van der Waals surface area (Å²) >= 11 is 0. The molecule has 0 aliphatic rings. The van der Waals surface area contributed by atoms with Crippen molar-refractivity contribution in [2.45, 2.75) is 187 Å². The number of phosphoric acid groups is 1. The molecule has 0 aliphatic heterocycles. The molecule has 0 amide bonds. The lowest BCUT2D eigenvalue weighted by Crippen LogP contribution is -2.29. The zero-order chi connectivity index (χ0) is 41.2. The molecule has 0 aromatic rings. The highest BCUT2D eigenvalue weighted by Crippen LogP contribution is 2.43. The predicted molar refractivity (Wildman–Crippen MR) is 230 cm³/mol. The Balaban J connectivity index is 4.32. The van der Waals surface area contributed by atoms with E-state index in [2.05, 4.69) is 32.1 Å². The van der Waals surface area contributed by atoms with E-state index in [9.17, 15) is 24.2 Å². The van der Waals surface area contributed by atoms with E-state index in [0.717, 1.165) is 32.1 Å². The quantitative estimate of drug-likeness (QED) is 0.0179. The van der Waals surface area contributed by atoms with Gasteiger partial charge in [-0.1, -0.05) is 152 Å². The van der Waals surface area contributed by atoms with E-state index in [-0.39, 0.29) is 32.6 Å². The number of phosphoric ester groups is 1. The van der Waals surface area contributed by atoms with Crippen LogP contribution in [0.4, 0.5) is 0 Å². The molecular formula is C45H80NO9P. The molecule has 324 valence electrons. The molecule has 56 heavy (non-hydrogen) atoms. The van der Waals surface area contributed by atoms with E-state index in [0.29, 0.717) is 32.1 Å². The Kier molecular flexibility index (Phi) is 39.2. The minimum atomic E-state index is -4.41. The number of carbonyl (C=O) groups excluding carboxylic acids is 2.